The summed E-state index contributed by atoms with van der Waals surface area (Å²) in [4.78, 5) is 29.2. The third-order valence-corrected chi connectivity index (χ3v) is 13.2. The summed E-state index contributed by atoms with van der Waals surface area (Å²) in [5.41, 5.74) is 7.13. The Hall–Kier alpha value is -4.94. The number of likely N-dealkylation sites (N-methyl/N-ethyl adjacent to an activating group) is 1. The maximum Gasteiger partial charge on any atom is 0.340 e. The van der Waals surface area contributed by atoms with Crippen LogP contribution < -0.4 is 5.32 Å². The number of unbranched alkanes of at least 4 members (excludes halogenated alkanes) is 1. The van der Waals surface area contributed by atoms with Crippen molar-refractivity contribution in [3.63, 3.8) is 0 Å². The van der Waals surface area contributed by atoms with Crippen molar-refractivity contribution in [3.8, 4) is 16.9 Å². The monoisotopic (exact) mass is 705 g/mol. The van der Waals surface area contributed by atoms with Crippen molar-refractivity contribution >= 4 is 17.5 Å². The molecule has 2 fully saturated rings. The number of rotatable bonds is 7. The van der Waals surface area contributed by atoms with Crippen LogP contribution in [-0.2, 0) is 25.5 Å². The highest BCUT2D eigenvalue weighted by atomic mass is 16.5. The number of cyclic esters (lactones) is 2. The van der Waals surface area contributed by atoms with Crippen LogP contribution in [-0.4, -0.2) is 24.1 Å². The Balaban J connectivity index is 1.37. The Bertz CT molecular complexity index is 2190. The number of hydrogen-bond donors (Lipinski definition) is 2. The number of nitrogens with one attached hydrogen (secondary N) is 1. The predicted molar refractivity (Wildman–Crippen MR) is 206 cm³/mol. The summed E-state index contributed by atoms with van der Waals surface area (Å²) in [7, 11) is 1.99. The highest BCUT2D eigenvalue weighted by Gasteiger charge is 2.73. The number of allylic oxidation sites excluding steroid dienone is 6. The van der Waals surface area contributed by atoms with E-state index in [2.05, 4.69) is 92.0 Å². The summed E-state index contributed by atoms with van der Waals surface area (Å²) in [5.74, 6) is 0.549. The molecule has 0 radical (unpaired) electrons. The van der Waals surface area contributed by atoms with Gasteiger partial charge in [0.05, 0.1) is 17.0 Å². The summed E-state index contributed by atoms with van der Waals surface area (Å²) < 4.78 is 12.8. The van der Waals surface area contributed by atoms with Gasteiger partial charge in [-0.3, -0.25) is 0 Å². The fourth-order valence-corrected chi connectivity index (χ4v) is 10.9. The van der Waals surface area contributed by atoms with Crippen LogP contribution in [0.2, 0.25) is 0 Å². The zero-order valence-electron chi connectivity index (χ0n) is 30.8. The van der Waals surface area contributed by atoms with E-state index < -0.39 is 10.8 Å². The topological polar surface area (TPSA) is 84.9 Å². The molecule has 3 aromatic rings. The lowest BCUT2D eigenvalue weighted by Gasteiger charge is -2.62. The van der Waals surface area contributed by atoms with Gasteiger partial charge in [-0.25, -0.2) is 9.59 Å². The molecule has 3 aromatic carbocycles. The van der Waals surface area contributed by atoms with Crippen molar-refractivity contribution in [2.24, 2.45) is 28.6 Å². The molecule has 6 bridgehead atoms. The first-order chi connectivity index (χ1) is 25.8. The molecule has 0 aromatic heterocycles. The maximum absolute atomic E-state index is 14.8. The molecule has 2 spiro atoms. The Morgan fingerprint density at radius 2 is 1.79 bits per heavy atom. The smallest absolute Gasteiger partial charge is 0.340 e. The molecule has 2 N–H and O–H groups in total. The molecule has 53 heavy (non-hydrogen) atoms. The van der Waals surface area contributed by atoms with Crippen LogP contribution in [0.4, 0.5) is 0 Å². The number of ether oxygens (including phenoxy) is 2. The average molecular weight is 706 g/mol. The second-order valence-corrected chi connectivity index (χ2v) is 15.8. The molecule has 6 atom stereocenters. The van der Waals surface area contributed by atoms with Crippen LogP contribution in [0, 0.1) is 28.6 Å². The lowest BCUT2D eigenvalue weighted by Crippen LogP contribution is -2.58. The van der Waals surface area contributed by atoms with Crippen LogP contribution in [0.5, 0.6) is 5.75 Å². The number of benzene rings is 3. The van der Waals surface area contributed by atoms with Gasteiger partial charge in [0.2, 0.25) is 0 Å². The molecular weight excluding hydrogens is 659 g/mol. The molecule has 0 unspecified atom stereocenters. The molecule has 10 rings (SSSR count). The second kappa shape index (κ2) is 12.9. The highest BCUT2D eigenvalue weighted by molar-refractivity contribution is 6.08. The molecule has 1 saturated carbocycles. The molecular formula is C47H47NO5. The first kappa shape index (κ1) is 33.9. The average Bonchev–Trinajstić information content (AvgIpc) is 3.65. The number of fused-ring (bicyclic) bond motifs is 5. The van der Waals surface area contributed by atoms with Gasteiger partial charge in [-0.05, 0) is 128 Å². The zero-order valence-corrected chi connectivity index (χ0v) is 30.8. The van der Waals surface area contributed by atoms with Crippen LogP contribution in [0.15, 0.2) is 125 Å². The van der Waals surface area contributed by atoms with Crippen molar-refractivity contribution in [1.82, 2.24) is 5.32 Å². The molecule has 270 valence electrons. The van der Waals surface area contributed by atoms with Crippen molar-refractivity contribution < 1.29 is 24.2 Å². The Labute approximate surface area is 312 Å². The van der Waals surface area contributed by atoms with E-state index in [9.17, 15) is 14.7 Å². The lowest BCUT2D eigenvalue weighted by molar-refractivity contribution is -0.135. The normalized spacial score (nSPS) is 30.1. The largest absolute Gasteiger partial charge is 0.508 e. The van der Waals surface area contributed by atoms with Crippen LogP contribution in [0.3, 0.4) is 0 Å². The number of esters is 2. The standard InChI is InChI=1S/C47H47NO5/c1-4-6-15-38-34-18-21-46-22-20-37(48-3)31-14-10-13-30(26-31)33-17-16-32(49)27-35(33)40-36(46)19-23-47(43(46)41(34)44(50)52-38)39(53-45(51)42(40)47)25-28(5-2)24-29-11-8-7-9-12-29/h7-17,20,22,25-28,36-37,43,48-49H,4-6,18-19,21,23-24H2,1-3H3/t28-,36+,37+,43-,46-,47+/m1/s1. The summed E-state index contributed by atoms with van der Waals surface area (Å²) in [6.07, 6.45) is 15.4. The lowest BCUT2D eigenvalue weighted by atomic mass is 9.38. The Morgan fingerprint density at radius 1 is 0.943 bits per heavy atom. The van der Waals surface area contributed by atoms with Gasteiger partial charge in [-0.2, -0.15) is 0 Å². The van der Waals surface area contributed by atoms with E-state index >= 15 is 0 Å². The third-order valence-electron chi connectivity index (χ3n) is 13.2. The summed E-state index contributed by atoms with van der Waals surface area (Å²) in [6, 6.07) is 24.5. The van der Waals surface area contributed by atoms with Crippen molar-refractivity contribution in [3.05, 3.63) is 142 Å². The van der Waals surface area contributed by atoms with Gasteiger partial charge < -0.3 is 19.9 Å². The first-order valence-electron chi connectivity index (χ1n) is 19.5. The maximum atomic E-state index is 14.8. The summed E-state index contributed by atoms with van der Waals surface area (Å²) >= 11 is 0. The van der Waals surface area contributed by atoms with Gasteiger partial charge >= 0.3 is 11.9 Å². The molecule has 6 heteroatoms. The van der Waals surface area contributed by atoms with Gasteiger partial charge in [0, 0.05) is 22.5 Å². The third kappa shape index (κ3) is 5.01. The zero-order chi connectivity index (χ0) is 36.5. The molecule has 6 nitrogen and oxygen atoms in total. The SMILES string of the molecule is CCCC=C1OC(=O)C2=C1CC[C@@]13C=C[C@H](NC)c4cccc(c4)-c4ccc(O)cc4C4=C5C(=O)OC(=C[C@H](CC)Cc6ccccc6)[C@]5(CC[C@@H]41)[C@H]23. The molecule has 1 saturated heterocycles. The highest BCUT2D eigenvalue weighted by Crippen LogP contribution is 2.76. The number of phenolic OH excluding ortho intramolecular Hbond substituents is 1. The molecule has 7 aliphatic rings. The van der Waals surface area contributed by atoms with Gasteiger partial charge in [0.25, 0.3) is 0 Å². The Morgan fingerprint density at radius 3 is 2.58 bits per heavy atom. The number of phenols is 1. The minimum atomic E-state index is -0.889. The summed E-state index contributed by atoms with van der Waals surface area (Å²) in [5, 5.41) is 14.7. The minimum absolute atomic E-state index is 0.0776. The van der Waals surface area contributed by atoms with Crippen molar-refractivity contribution in [2.75, 3.05) is 7.05 Å². The van der Waals surface area contributed by atoms with E-state index in [4.69, 9.17) is 9.47 Å². The van der Waals surface area contributed by atoms with E-state index in [0.29, 0.717) is 29.9 Å². The van der Waals surface area contributed by atoms with E-state index in [0.717, 1.165) is 77.5 Å². The number of carbonyl (C=O) groups is 2. The number of carbonyl (C=O) groups excluding carboxylic acids is 2. The fraction of sp³-hybridized carbons (Fsp3) is 0.362. The van der Waals surface area contributed by atoms with E-state index in [1.54, 1.807) is 6.07 Å². The van der Waals surface area contributed by atoms with Gasteiger partial charge in [-0.15, -0.1) is 0 Å². The molecule has 2 heterocycles. The van der Waals surface area contributed by atoms with Gasteiger partial charge in [-0.1, -0.05) is 87.0 Å². The molecule has 2 aliphatic heterocycles. The first-order valence-corrected chi connectivity index (χ1v) is 19.5. The van der Waals surface area contributed by atoms with E-state index in [-0.39, 0.29) is 41.5 Å². The predicted octanol–water partition coefficient (Wildman–Crippen LogP) is 9.70. The number of hydrogen-bond acceptors (Lipinski definition) is 6. The van der Waals surface area contributed by atoms with Crippen LogP contribution in [0.1, 0.15) is 81.5 Å². The van der Waals surface area contributed by atoms with Crippen molar-refractivity contribution in [2.45, 2.75) is 71.3 Å². The fourth-order valence-electron chi connectivity index (χ4n) is 10.9. The molecule has 5 aliphatic carbocycles. The van der Waals surface area contributed by atoms with Crippen molar-refractivity contribution in [1.29, 1.82) is 0 Å². The molecule has 0 amide bonds. The minimum Gasteiger partial charge on any atom is -0.508 e. The van der Waals surface area contributed by atoms with Crippen LogP contribution in [0.25, 0.3) is 16.7 Å². The van der Waals surface area contributed by atoms with Gasteiger partial charge in [0.15, 0.2) is 0 Å². The van der Waals surface area contributed by atoms with Crippen LogP contribution >= 0.6 is 0 Å². The quantitative estimate of drug-likeness (QED) is 0.188. The van der Waals surface area contributed by atoms with E-state index in [1.807, 2.05) is 25.2 Å². The second-order valence-electron chi connectivity index (χ2n) is 15.8. The Kier molecular flexibility index (Phi) is 8.23. The summed E-state index contributed by atoms with van der Waals surface area (Å²) in [6.45, 7) is 4.32. The van der Waals surface area contributed by atoms with E-state index in [1.165, 1.54) is 5.56 Å². The number of aromatic hydroxyl groups is 1. The van der Waals surface area contributed by atoms with Gasteiger partial charge in [0.1, 0.15) is 17.3 Å².